The zero-order chi connectivity index (χ0) is 18.1. The lowest BCUT2D eigenvalue weighted by atomic mass is 9.80. The standard InChI is InChI=1S/C19H24FN3O2/c1-11-8-9-14-15(6-5-7-17(14)20)18(11)21-19(24)23(4)10-16-12(2)22-25-13(16)3/h5-7,11,18H,8-10H2,1-4H3,(H,21,24)/t11-,18+/m1/s1. The van der Waals surface area contributed by atoms with E-state index < -0.39 is 0 Å². The number of fused-ring (bicyclic) bond motifs is 1. The van der Waals surface area contributed by atoms with Crippen LogP contribution >= 0.6 is 0 Å². The number of halogens is 1. The molecule has 1 aromatic carbocycles. The van der Waals surface area contributed by atoms with Crippen molar-refractivity contribution in [3.8, 4) is 0 Å². The van der Waals surface area contributed by atoms with Gasteiger partial charge in [-0.15, -0.1) is 0 Å². The number of hydrogen-bond acceptors (Lipinski definition) is 3. The summed E-state index contributed by atoms with van der Waals surface area (Å²) in [7, 11) is 1.74. The van der Waals surface area contributed by atoms with Gasteiger partial charge in [-0.1, -0.05) is 24.2 Å². The lowest BCUT2D eigenvalue weighted by Gasteiger charge is -2.33. The van der Waals surface area contributed by atoms with Gasteiger partial charge in [0, 0.05) is 12.6 Å². The minimum atomic E-state index is -0.187. The van der Waals surface area contributed by atoms with Crippen LogP contribution in [0.4, 0.5) is 9.18 Å². The van der Waals surface area contributed by atoms with Gasteiger partial charge in [0.25, 0.3) is 0 Å². The number of carbonyl (C=O) groups is 1. The van der Waals surface area contributed by atoms with Gasteiger partial charge in [0.2, 0.25) is 0 Å². The van der Waals surface area contributed by atoms with E-state index in [0.717, 1.165) is 34.6 Å². The maximum absolute atomic E-state index is 14.1. The van der Waals surface area contributed by atoms with Gasteiger partial charge in [-0.2, -0.15) is 0 Å². The maximum atomic E-state index is 14.1. The van der Waals surface area contributed by atoms with Crippen molar-refractivity contribution in [1.29, 1.82) is 0 Å². The van der Waals surface area contributed by atoms with Gasteiger partial charge >= 0.3 is 6.03 Å². The molecule has 2 amide bonds. The van der Waals surface area contributed by atoms with Crippen molar-refractivity contribution in [2.24, 2.45) is 5.92 Å². The Morgan fingerprint density at radius 3 is 2.88 bits per heavy atom. The minimum absolute atomic E-state index is 0.181. The molecule has 5 nitrogen and oxygen atoms in total. The van der Waals surface area contributed by atoms with Gasteiger partial charge in [0.15, 0.2) is 0 Å². The molecule has 0 bridgehead atoms. The molecule has 2 aromatic rings. The SMILES string of the molecule is Cc1noc(C)c1CN(C)C(=O)N[C@@H]1c2cccc(F)c2CC[C@H]1C. The highest BCUT2D eigenvalue weighted by Crippen LogP contribution is 2.35. The van der Waals surface area contributed by atoms with Crippen LogP contribution in [0.2, 0.25) is 0 Å². The van der Waals surface area contributed by atoms with Crippen LogP contribution in [0.1, 0.15) is 47.5 Å². The fourth-order valence-electron chi connectivity index (χ4n) is 3.48. The highest BCUT2D eigenvalue weighted by atomic mass is 19.1. The van der Waals surface area contributed by atoms with E-state index in [0.29, 0.717) is 13.0 Å². The molecule has 0 spiro atoms. The molecule has 2 atom stereocenters. The Balaban J connectivity index is 1.75. The minimum Gasteiger partial charge on any atom is -0.361 e. The van der Waals surface area contributed by atoms with Crippen molar-refractivity contribution in [2.45, 2.75) is 46.2 Å². The first-order valence-electron chi connectivity index (χ1n) is 8.59. The first-order valence-corrected chi connectivity index (χ1v) is 8.59. The van der Waals surface area contributed by atoms with Gasteiger partial charge < -0.3 is 14.7 Å². The Morgan fingerprint density at radius 2 is 2.20 bits per heavy atom. The third-order valence-electron chi connectivity index (χ3n) is 5.11. The summed E-state index contributed by atoms with van der Waals surface area (Å²) in [6.45, 7) is 6.21. The van der Waals surface area contributed by atoms with E-state index in [4.69, 9.17) is 4.52 Å². The van der Waals surface area contributed by atoms with Crippen molar-refractivity contribution in [3.63, 3.8) is 0 Å². The summed E-state index contributed by atoms with van der Waals surface area (Å²) in [6.07, 6.45) is 1.57. The fourth-order valence-corrected chi connectivity index (χ4v) is 3.48. The molecule has 0 unspecified atom stereocenters. The van der Waals surface area contributed by atoms with Gasteiger partial charge in [0.1, 0.15) is 11.6 Å². The maximum Gasteiger partial charge on any atom is 0.317 e. The molecule has 1 N–H and O–H groups in total. The summed E-state index contributed by atoms with van der Waals surface area (Å²) >= 11 is 0. The van der Waals surface area contributed by atoms with Crippen LogP contribution in [0, 0.1) is 25.6 Å². The monoisotopic (exact) mass is 345 g/mol. The smallest absolute Gasteiger partial charge is 0.317 e. The molecule has 0 fully saturated rings. The van der Waals surface area contributed by atoms with Crippen LogP contribution in [-0.2, 0) is 13.0 Å². The van der Waals surface area contributed by atoms with Gasteiger partial charge in [-0.25, -0.2) is 9.18 Å². The van der Waals surface area contributed by atoms with Crippen LogP contribution < -0.4 is 5.32 Å². The molecule has 134 valence electrons. The van der Waals surface area contributed by atoms with E-state index >= 15 is 0 Å². The van der Waals surface area contributed by atoms with E-state index in [1.807, 2.05) is 19.9 Å². The van der Waals surface area contributed by atoms with Crippen LogP contribution in [0.3, 0.4) is 0 Å². The summed E-state index contributed by atoms with van der Waals surface area (Å²) in [5.74, 6) is 0.786. The van der Waals surface area contributed by atoms with Crippen molar-refractivity contribution in [1.82, 2.24) is 15.4 Å². The first kappa shape index (κ1) is 17.5. The molecular weight excluding hydrogens is 321 g/mol. The van der Waals surface area contributed by atoms with Crippen LogP contribution in [-0.4, -0.2) is 23.1 Å². The van der Waals surface area contributed by atoms with Crippen molar-refractivity contribution in [3.05, 3.63) is 52.2 Å². The van der Waals surface area contributed by atoms with Gasteiger partial charge in [0.05, 0.1) is 18.3 Å². The number of amides is 2. The number of rotatable bonds is 3. The Morgan fingerprint density at radius 1 is 1.44 bits per heavy atom. The lowest BCUT2D eigenvalue weighted by molar-refractivity contribution is 0.195. The topological polar surface area (TPSA) is 58.4 Å². The molecule has 0 saturated carbocycles. The molecular formula is C19H24FN3O2. The van der Waals surface area contributed by atoms with Crippen LogP contribution in [0.25, 0.3) is 0 Å². The number of urea groups is 1. The highest BCUT2D eigenvalue weighted by molar-refractivity contribution is 5.74. The van der Waals surface area contributed by atoms with Crippen molar-refractivity contribution < 1.29 is 13.7 Å². The zero-order valence-electron chi connectivity index (χ0n) is 15.1. The second kappa shape index (κ2) is 6.86. The summed E-state index contributed by atoms with van der Waals surface area (Å²) < 4.78 is 19.2. The quantitative estimate of drug-likeness (QED) is 0.918. The largest absolute Gasteiger partial charge is 0.361 e. The predicted molar refractivity (Wildman–Crippen MR) is 92.6 cm³/mol. The third kappa shape index (κ3) is 3.38. The molecule has 25 heavy (non-hydrogen) atoms. The third-order valence-corrected chi connectivity index (χ3v) is 5.11. The molecule has 1 aliphatic rings. The Bertz CT molecular complexity index is 767. The second-order valence-corrected chi connectivity index (χ2v) is 6.91. The van der Waals surface area contributed by atoms with E-state index in [1.165, 1.54) is 6.07 Å². The molecule has 0 radical (unpaired) electrons. The number of benzene rings is 1. The van der Waals surface area contributed by atoms with Crippen molar-refractivity contribution in [2.75, 3.05) is 7.05 Å². The number of aromatic nitrogens is 1. The number of nitrogens with zero attached hydrogens (tertiary/aromatic N) is 2. The first-order chi connectivity index (χ1) is 11.9. The average Bonchev–Trinajstić information content (AvgIpc) is 2.89. The number of aryl methyl sites for hydroxylation is 2. The molecule has 3 rings (SSSR count). The number of hydrogen-bond donors (Lipinski definition) is 1. The van der Waals surface area contributed by atoms with Gasteiger partial charge in [-0.3, -0.25) is 0 Å². The molecule has 0 saturated heterocycles. The average molecular weight is 345 g/mol. The Hall–Kier alpha value is -2.37. The Kier molecular flexibility index (Phi) is 4.79. The Labute approximate surface area is 147 Å². The lowest BCUT2D eigenvalue weighted by Crippen LogP contribution is -2.42. The summed E-state index contributed by atoms with van der Waals surface area (Å²) in [5.41, 5.74) is 3.31. The normalized spacial score (nSPS) is 19.4. The zero-order valence-corrected chi connectivity index (χ0v) is 15.1. The van der Waals surface area contributed by atoms with Gasteiger partial charge in [-0.05, 0) is 49.8 Å². The number of nitrogens with one attached hydrogen (secondary N) is 1. The summed E-state index contributed by atoms with van der Waals surface area (Å²) in [5, 5.41) is 6.99. The number of carbonyl (C=O) groups excluding carboxylic acids is 1. The molecule has 1 aliphatic carbocycles. The predicted octanol–water partition coefficient (Wildman–Crippen LogP) is 3.90. The molecule has 1 aromatic heterocycles. The van der Waals surface area contributed by atoms with E-state index in [-0.39, 0.29) is 23.8 Å². The second-order valence-electron chi connectivity index (χ2n) is 6.91. The van der Waals surface area contributed by atoms with E-state index in [1.54, 1.807) is 18.0 Å². The summed E-state index contributed by atoms with van der Waals surface area (Å²) in [6, 6.07) is 4.73. The van der Waals surface area contributed by atoms with E-state index in [2.05, 4.69) is 17.4 Å². The molecule has 1 heterocycles. The molecule has 0 aliphatic heterocycles. The molecule has 6 heteroatoms. The van der Waals surface area contributed by atoms with Crippen LogP contribution in [0.15, 0.2) is 22.7 Å². The summed E-state index contributed by atoms with van der Waals surface area (Å²) in [4.78, 5) is 14.3. The van der Waals surface area contributed by atoms with Crippen LogP contribution in [0.5, 0.6) is 0 Å². The highest BCUT2D eigenvalue weighted by Gasteiger charge is 2.30. The van der Waals surface area contributed by atoms with E-state index in [9.17, 15) is 9.18 Å². The fraction of sp³-hybridized carbons (Fsp3) is 0.474. The van der Waals surface area contributed by atoms with Crippen molar-refractivity contribution >= 4 is 6.03 Å².